The molecule has 27 heavy (non-hydrogen) atoms. The lowest BCUT2D eigenvalue weighted by molar-refractivity contribution is -0.112. The molecule has 3 N–H and O–H groups in total. The number of carbonyl (C=O) groups excluding carboxylic acids is 1. The van der Waals surface area contributed by atoms with Crippen molar-refractivity contribution in [3.05, 3.63) is 71.4 Å². The maximum Gasteiger partial charge on any atom is 0.335 e. The molecule has 0 saturated heterocycles. The Labute approximate surface area is 156 Å². The lowest BCUT2D eigenvalue weighted by Crippen LogP contribution is -2.18. The van der Waals surface area contributed by atoms with Crippen LogP contribution in [0.1, 0.15) is 15.9 Å². The molecule has 7 nitrogen and oxygen atoms in total. The number of nitrogens with one attached hydrogen (secondary N) is 2. The number of nitriles is 1. The maximum absolute atomic E-state index is 12.2. The third kappa shape index (κ3) is 5.90. The van der Waals surface area contributed by atoms with Crippen molar-refractivity contribution in [1.29, 1.82) is 5.26 Å². The van der Waals surface area contributed by atoms with E-state index >= 15 is 0 Å². The molecule has 1 amide bonds. The minimum Gasteiger partial charge on any atom is -0.497 e. The molecule has 0 unspecified atom stereocenters. The summed E-state index contributed by atoms with van der Waals surface area (Å²) in [5.41, 5.74) is 1.34. The number of carbonyl (C=O) groups is 2. The van der Waals surface area contributed by atoms with Gasteiger partial charge in [-0.3, -0.25) is 4.79 Å². The van der Waals surface area contributed by atoms with Crippen LogP contribution in [0.15, 0.2) is 60.3 Å². The van der Waals surface area contributed by atoms with E-state index in [4.69, 9.17) is 15.1 Å². The quantitative estimate of drug-likeness (QED) is 0.377. The Kier molecular flexibility index (Phi) is 6.97. The van der Waals surface area contributed by atoms with E-state index in [1.807, 2.05) is 30.3 Å². The standard InChI is InChI=1S/C20H19N3O4/c1-27-18-7-5-14(6-8-18)9-10-22-13-16(12-21)19(24)23-17-4-2-3-15(11-17)20(25)26/h2-8,11,13,22H,9-10H2,1H3,(H,23,24)(H,25,26)/b16-13-. The fourth-order valence-corrected chi connectivity index (χ4v) is 2.26. The van der Waals surface area contributed by atoms with Crippen molar-refractivity contribution in [3.8, 4) is 11.8 Å². The van der Waals surface area contributed by atoms with Crippen LogP contribution < -0.4 is 15.4 Å². The van der Waals surface area contributed by atoms with Gasteiger partial charge < -0.3 is 20.5 Å². The Morgan fingerprint density at radius 2 is 1.96 bits per heavy atom. The number of aromatic carboxylic acids is 1. The van der Waals surface area contributed by atoms with Crippen LogP contribution >= 0.6 is 0 Å². The average Bonchev–Trinajstić information content (AvgIpc) is 2.68. The summed E-state index contributed by atoms with van der Waals surface area (Å²) in [7, 11) is 1.60. The third-order valence-electron chi connectivity index (χ3n) is 3.70. The van der Waals surface area contributed by atoms with Crippen LogP contribution in [-0.4, -0.2) is 30.6 Å². The molecule has 0 atom stereocenters. The fourth-order valence-electron chi connectivity index (χ4n) is 2.26. The van der Waals surface area contributed by atoms with Gasteiger partial charge in [-0.25, -0.2) is 4.79 Å². The molecule has 2 aromatic rings. The fraction of sp³-hybridized carbons (Fsp3) is 0.150. The number of hydrogen-bond donors (Lipinski definition) is 3. The number of carboxylic acids is 1. The number of carboxylic acid groups (broad SMARTS) is 1. The second-order valence-corrected chi connectivity index (χ2v) is 5.56. The average molecular weight is 365 g/mol. The zero-order valence-electron chi connectivity index (χ0n) is 14.7. The lowest BCUT2D eigenvalue weighted by Gasteiger charge is -2.06. The first kappa shape index (κ1) is 19.5. The van der Waals surface area contributed by atoms with Gasteiger partial charge in [-0.15, -0.1) is 0 Å². The molecule has 0 heterocycles. The Balaban J connectivity index is 1.90. The van der Waals surface area contributed by atoms with Crippen LogP contribution in [0.2, 0.25) is 0 Å². The number of rotatable bonds is 8. The van der Waals surface area contributed by atoms with E-state index in [0.29, 0.717) is 18.7 Å². The van der Waals surface area contributed by atoms with Gasteiger partial charge in [0.05, 0.1) is 12.7 Å². The van der Waals surface area contributed by atoms with Crippen LogP contribution in [0.5, 0.6) is 5.75 Å². The summed E-state index contributed by atoms with van der Waals surface area (Å²) in [5.74, 6) is -0.929. The number of amides is 1. The van der Waals surface area contributed by atoms with Crippen molar-refractivity contribution in [2.24, 2.45) is 0 Å². The zero-order chi connectivity index (χ0) is 19.6. The Hall–Kier alpha value is -3.79. The molecular weight excluding hydrogens is 346 g/mol. The Bertz CT molecular complexity index is 883. The Morgan fingerprint density at radius 1 is 1.22 bits per heavy atom. The zero-order valence-corrected chi connectivity index (χ0v) is 14.7. The topological polar surface area (TPSA) is 111 Å². The first-order valence-corrected chi connectivity index (χ1v) is 8.15. The SMILES string of the molecule is COc1ccc(CCN/C=C(/C#N)C(=O)Nc2cccc(C(=O)O)c2)cc1. The number of hydrogen-bond acceptors (Lipinski definition) is 5. The molecule has 0 aromatic heterocycles. The number of anilines is 1. The predicted molar refractivity (Wildman–Crippen MR) is 100 cm³/mol. The highest BCUT2D eigenvalue weighted by atomic mass is 16.5. The molecule has 2 aromatic carbocycles. The van der Waals surface area contributed by atoms with Gasteiger partial charge in [0.25, 0.3) is 5.91 Å². The predicted octanol–water partition coefficient (Wildman–Crippen LogP) is 2.57. The molecule has 0 spiro atoms. The molecule has 0 aliphatic carbocycles. The minimum absolute atomic E-state index is 0.0490. The maximum atomic E-state index is 12.2. The van der Waals surface area contributed by atoms with Crippen molar-refractivity contribution in [1.82, 2.24) is 5.32 Å². The van der Waals surface area contributed by atoms with Gasteiger partial charge in [-0.1, -0.05) is 18.2 Å². The molecule has 0 fully saturated rings. The highest BCUT2D eigenvalue weighted by Gasteiger charge is 2.10. The van der Waals surface area contributed by atoms with Gasteiger partial charge >= 0.3 is 5.97 Å². The minimum atomic E-state index is -1.10. The van der Waals surface area contributed by atoms with Gasteiger partial charge in [-0.2, -0.15) is 5.26 Å². The summed E-state index contributed by atoms with van der Waals surface area (Å²) in [5, 5.41) is 23.6. The molecule has 0 saturated carbocycles. The van der Waals surface area contributed by atoms with Crippen LogP contribution in [0.3, 0.4) is 0 Å². The molecule has 2 rings (SSSR count). The second-order valence-electron chi connectivity index (χ2n) is 5.56. The van der Waals surface area contributed by atoms with E-state index in [-0.39, 0.29) is 11.1 Å². The second kappa shape index (κ2) is 9.63. The smallest absolute Gasteiger partial charge is 0.335 e. The normalized spacial score (nSPS) is 10.6. The lowest BCUT2D eigenvalue weighted by atomic mass is 10.1. The summed E-state index contributed by atoms with van der Waals surface area (Å²) in [6.45, 7) is 0.541. The van der Waals surface area contributed by atoms with Gasteiger partial charge in [0.1, 0.15) is 17.4 Å². The molecule has 0 aliphatic rings. The van der Waals surface area contributed by atoms with E-state index in [9.17, 15) is 9.59 Å². The Morgan fingerprint density at radius 3 is 2.59 bits per heavy atom. The third-order valence-corrected chi connectivity index (χ3v) is 3.70. The van der Waals surface area contributed by atoms with Crippen molar-refractivity contribution in [3.63, 3.8) is 0 Å². The van der Waals surface area contributed by atoms with E-state index < -0.39 is 11.9 Å². The first-order valence-electron chi connectivity index (χ1n) is 8.15. The molecular formula is C20H19N3O4. The van der Waals surface area contributed by atoms with Crippen molar-refractivity contribution in [2.45, 2.75) is 6.42 Å². The first-order chi connectivity index (χ1) is 13.0. The summed E-state index contributed by atoms with van der Waals surface area (Å²) in [6, 6.07) is 15.3. The molecule has 0 bridgehead atoms. The summed E-state index contributed by atoms with van der Waals surface area (Å²) in [6.07, 6.45) is 2.06. The number of methoxy groups -OCH3 is 1. The summed E-state index contributed by atoms with van der Waals surface area (Å²) in [4.78, 5) is 23.1. The molecule has 0 radical (unpaired) electrons. The monoisotopic (exact) mass is 365 g/mol. The van der Waals surface area contributed by atoms with Crippen LogP contribution in [0.25, 0.3) is 0 Å². The van der Waals surface area contributed by atoms with Crippen LogP contribution in [0.4, 0.5) is 5.69 Å². The van der Waals surface area contributed by atoms with E-state index in [2.05, 4.69) is 10.6 Å². The van der Waals surface area contributed by atoms with E-state index in [1.54, 1.807) is 13.2 Å². The molecule has 0 aliphatic heterocycles. The number of ether oxygens (including phenoxy) is 1. The number of benzene rings is 2. The van der Waals surface area contributed by atoms with Crippen molar-refractivity contribution < 1.29 is 19.4 Å². The van der Waals surface area contributed by atoms with Gasteiger partial charge in [0.2, 0.25) is 0 Å². The van der Waals surface area contributed by atoms with E-state index in [0.717, 1.165) is 11.3 Å². The highest BCUT2D eigenvalue weighted by Crippen LogP contribution is 2.12. The summed E-state index contributed by atoms with van der Waals surface area (Å²) < 4.78 is 5.10. The van der Waals surface area contributed by atoms with Crippen LogP contribution in [-0.2, 0) is 11.2 Å². The van der Waals surface area contributed by atoms with Gasteiger partial charge in [-0.05, 0) is 42.3 Å². The van der Waals surface area contributed by atoms with Gasteiger partial charge in [0, 0.05) is 18.4 Å². The highest BCUT2D eigenvalue weighted by molar-refractivity contribution is 6.06. The molecule has 138 valence electrons. The van der Waals surface area contributed by atoms with Crippen LogP contribution in [0, 0.1) is 11.3 Å². The molecule has 7 heteroatoms. The van der Waals surface area contributed by atoms with Gasteiger partial charge in [0.15, 0.2) is 0 Å². The number of nitrogens with zero attached hydrogens (tertiary/aromatic N) is 1. The largest absolute Gasteiger partial charge is 0.497 e. The van der Waals surface area contributed by atoms with Crippen molar-refractivity contribution >= 4 is 17.6 Å². The van der Waals surface area contributed by atoms with E-state index in [1.165, 1.54) is 24.4 Å². The van der Waals surface area contributed by atoms with Crippen molar-refractivity contribution in [2.75, 3.05) is 19.0 Å². The summed E-state index contributed by atoms with van der Waals surface area (Å²) >= 11 is 0.